The average Bonchev–Trinajstić information content (AvgIpc) is 3.16. The molecule has 6 nitrogen and oxygen atoms in total. The highest BCUT2D eigenvalue weighted by Crippen LogP contribution is 2.23. The Hall–Kier alpha value is -2.90. The van der Waals surface area contributed by atoms with Gasteiger partial charge in [-0.2, -0.15) is 4.98 Å². The molecule has 0 bridgehead atoms. The van der Waals surface area contributed by atoms with Gasteiger partial charge in [0.1, 0.15) is 0 Å². The van der Waals surface area contributed by atoms with Crippen molar-refractivity contribution in [3.63, 3.8) is 0 Å². The molecule has 0 aliphatic heterocycles. The van der Waals surface area contributed by atoms with Crippen LogP contribution in [0.3, 0.4) is 0 Å². The fourth-order valence-electron chi connectivity index (χ4n) is 2.42. The molecule has 4 rings (SSSR count). The fourth-order valence-corrected chi connectivity index (χ4v) is 3.26. The molecule has 0 amide bonds. The molecular formula is C19H13ClN4O2S. The minimum absolute atomic E-state index is 0.210. The van der Waals surface area contributed by atoms with Crippen molar-refractivity contribution in [1.29, 1.82) is 0 Å². The van der Waals surface area contributed by atoms with E-state index in [1.165, 1.54) is 17.8 Å². The number of benzene rings is 2. The molecule has 2 aromatic carbocycles. The lowest BCUT2D eigenvalue weighted by Gasteiger charge is -2.03. The summed E-state index contributed by atoms with van der Waals surface area (Å²) in [5.41, 5.74) is 2.11. The molecule has 1 N–H and O–H groups in total. The van der Waals surface area contributed by atoms with E-state index >= 15 is 0 Å². The Bertz CT molecular complexity index is 1110. The van der Waals surface area contributed by atoms with Gasteiger partial charge in [0.25, 0.3) is 5.56 Å². The number of aromatic nitrogens is 4. The molecule has 0 unspecified atom stereocenters. The molecule has 0 fully saturated rings. The van der Waals surface area contributed by atoms with Gasteiger partial charge in [0.05, 0.1) is 11.4 Å². The van der Waals surface area contributed by atoms with Crippen LogP contribution in [0.1, 0.15) is 5.89 Å². The van der Waals surface area contributed by atoms with Gasteiger partial charge in [-0.15, -0.1) is 0 Å². The van der Waals surface area contributed by atoms with E-state index in [0.29, 0.717) is 33.3 Å². The van der Waals surface area contributed by atoms with Crippen molar-refractivity contribution in [2.45, 2.75) is 10.9 Å². The standard InChI is InChI=1S/C19H13ClN4O2S/c20-14-8-6-13(7-9-14)18-23-17(26-24-18)11-27-19-21-15(10-16(25)22-19)12-4-2-1-3-5-12/h1-10H,11H2,(H,21,22,25). The second kappa shape index (κ2) is 7.77. The van der Waals surface area contributed by atoms with Crippen molar-refractivity contribution >= 4 is 23.4 Å². The van der Waals surface area contributed by atoms with Gasteiger partial charge in [-0.05, 0) is 24.3 Å². The largest absolute Gasteiger partial charge is 0.338 e. The molecule has 134 valence electrons. The van der Waals surface area contributed by atoms with Gasteiger partial charge >= 0.3 is 0 Å². The van der Waals surface area contributed by atoms with Crippen LogP contribution in [0, 0.1) is 0 Å². The first-order valence-electron chi connectivity index (χ1n) is 8.05. The summed E-state index contributed by atoms with van der Waals surface area (Å²) in [5, 5.41) is 5.11. The van der Waals surface area contributed by atoms with Gasteiger partial charge in [-0.3, -0.25) is 4.79 Å². The van der Waals surface area contributed by atoms with E-state index in [1.807, 2.05) is 42.5 Å². The third kappa shape index (κ3) is 4.27. The number of nitrogens with zero attached hydrogens (tertiary/aromatic N) is 3. The molecule has 0 saturated carbocycles. The number of thioether (sulfide) groups is 1. The molecule has 0 atom stereocenters. The first kappa shape index (κ1) is 17.5. The lowest BCUT2D eigenvalue weighted by Crippen LogP contribution is -2.08. The summed E-state index contributed by atoms with van der Waals surface area (Å²) in [6, 6.07) is 18.2. The lowest BCUT2D eigenvalue weighted by molar-refractivity contribution is 0.391. The molecular weight excluding hydrogens is 384 g/mol. The Morgan fingerprint density at radius 3 is 2.56 bits per heavy atom. The highest BCUT2D eigenvalue weighted by atomic mass is 35.5. The highest BCUT2D eigenvalue weighted by molar-refractivity contribution is 7.98. The second-order valence-corrected chi connectivity index (χ2v) is 7.01. The molecule has 8 heteroatoms. The molecule has 0 aliphatic carbocycles. The molecule has 0 radical (unpaired) electrons. The predicted molar refractivity (Wildman–Crippen MR) is 105 cm³/mol. The number of hydrogen-bond acceptors (Lipinski definition) is 6. The first-order valence-corrected chi connectivity index (χ1v) is 9.42. The zero-order valence-electron chi connectivity index (χ0n) is 13.9. The zero-order valence-corrected chi connectivity index (χ0v) is 15.5. The van der Waals surface area contributed by atoms with Crippen LogP contribution in [0.2, 0.25) is 5.02 Å². The summed E-state index contributed by atoms with van der Waals surface area (Å²) in [5.74, 6) is 1.32. The van der Waals surface area contributed by atoms with Gasteiger partial charge in [-0.25, -0.2) is 4.98 Å². The number of halogens is 1. The van der Waals surface area contributed by atoms with Crippen molar-refractivity contribution in [3.05, 3.63) is 81.9 Å². The molecule has 0 aliphatic rings. The number of H-pyrrole nitrogens is 1. The van der Waals surface area contributed by atoms with E-state index in [2.05, 4.69) is 20.1 Å². The molecule has 4 aromatic rings. The number of aromatic amines is 1. The van der Waals surface area contributed by atoms with E-state index in [9.17, 15) is 4.79 Å². The third-order valence-electron chi connectivity index (χ3n) is 3.69. The van der Waals surface area contributed by atoms with Crippen LogP contribution < -0.4 is 5.56 Å². The van der Waals surface area contributed by atoms with E-state index in [4.69, 9.17) is 16.1 Å². The van der Waals surface area contributed by atoms with Crippen molar-refractivity contribution < 1.29 is 4.52 Å². The monoisotopic (exact) mass is 396 g/mol. The van der Waals surface area contributed by atoms with E-state index < -0.39 is 0 Å². The predicted octanol–water partition coefficient (Wildman–Crippen LogP) is 4.43. The first-order chi connectivity index (χ1) is 13.2. The second-order valence-electron chi connectivity index (χ2n) is 5.61. The zero-order chi connectivity index (χ0) is 18.6. The molecule has 0 spiro atoms. The van der Waals surface area contributed by atoms with Crippen molar-refractivity contribution in [2.24, 2.45) is 0 Å². The SMILES string of the molecule is O=c1cc(-c2ccccc2)nc(SCc2nc(-c3ccc(Cl)cc3)no2)[nH]1. The van der Waals surface area contributed by atoms with Gasteiger partial charge in [0, 0.05) is 22.2 Å². The normalized spacial score (nSPS) is 10.9. The van der Waals surface area contributed by atoms with E-state index in [1.54, 1.807) is 12.1 Å². The van der Waals surface area contributed by atoms with Crippen LogP contribution >= 0.6 is 23.4 Å². The van der Waals surface area contributed by atoms with Gasteiger partial charge in [0.2, 0.25) is 11.7 Å². The van der Waals surface area contributed by atoms with Crippen LogP contribution in [0.15, 0.2) is 75.1 Å². The summed E-state index contributed by atoms with van der Waals surface area (Å²) < 4.78 is 5.28. The number of nitrogens with one attached hydrogen (secondary N) is 1. The fraction of sp³-hybridized carbons (Fsp3) is 0.0526. The topological polar surface area (TPSA) is 84.7 Å². The summed E-state index contributed by atoms with van der Waals surface area (Å²) in [4.78, 5) is 23.5. The van der Waals surface area contributed by atoms with Gasteiger partial charge in [-0.1, -0.05) is 58.9 Å². The third-order valence-corrected chi connectivity index (χ3v) is 4.80. The van der Waals surface area contributed by atoms with E-state index in [0.717, 1.165) is 11.1 Å². The molecule has 2 heterocycles. The smallest absolute Gasteiger partial charge is 0.252 e. The highest BCUT2D eigenvalue weighted by Gasteiger charge is 2.11. The maximum absolute atomic E-state index is 11.9. The Labute approximate surface area is 163 Å². The summed E-state index contributed by atoms with van der Waals surface area (Å²) in [6.07, 6.45) is 0. The molecule has 2 aromatic heterocycles. The van der Waals surface area contributed by atoms with Crippen molar-refractivity contribution in [1.82, 2.24) is 20.1 Å². The quantitative estimate of drug-likeness (QED) is 0.396. The van der Waals surface area contributed by atoms with Crippen molar-refractivity contribution in [2.75, 3.05) is 0 Å². The van der Waals surface area contributed by atoms with Crippen LogP contribution in [0.5, 0.6) is 0 Å². The maximum Gasteiger partial charge on any atom is 0.252 e. The van der Waals surface area contributed by atoms with Gasteiger partial charge in [0.15, 0.2) is 5.16 Å². The molecule has 27 heavy (non-hydrogen) atoms. The number of hydrogen-bond donors (Lipinski definition) is 1. The van der Waals surface area contributed by atoms with Crippen LogP contribution in [-0.2, 0) is 5.75 Å². The van der Waals surface area contributed by atoms with Crippen LogP contribution in [0.4, 0.5) is 0 Å². The summed E-state index contributed by atoms with van der Waals surface area (Å²) in [6.45, 7) is 0. The van der Waals surface area contributed by atoms with Crippen molar-refractivity contribution in [3.8, 4) is 22.6 Å². The minimum atomic E-state index is -0.210. The Balaban J connectivity index is 1.50. The van der Waals surface area contributed by atoms with Crippen LogP contribution in [-0.4, -0.2) is 20.1 Å². The Morgan fingerprint density at radius 1 is 1.00 bits per heavy atom. The van der Waals surface area contributed by atoms with Crippen LogP contribution in [0.25, 0.3) is 22.6 Å². The summed E-state index contributed by atoms with van der Waals surface area (Å²) >= 11 is 7.21. The summed E-state index contributed by atoms with van der Waals surface area (Å²) in [7, 11) is 0. The Kier molecular flexibility index (Phi) is 5.04. The minimum Gasteiger partial charge on any atom is -0.338 e. The number of rotatable bonds is 5. The average molecular weight is 397 g/mol. The molecule has 0 saturated heterocycles. The maximum atomic E-state index is 11.9. The van der Waals surface area contributed by atoms with E-state index in [-0.39, 0.29) is 5.56 Å². The lowest BCUT2D eigenvalue weighted by atomic mass is 10.1. The Morgan fingerprint density at radius 2 is 1.78 bits per heavy atom. The van der Waals surface area contributed by atoms with Gasteiger partial charge < -0.3 is 9.51 Å².